The standard InChI is InChI=1S/C13H16Cl2N2O2/c1-8(18)7-17-4-5-19-13(16)12(17)10-3-2-9(14)6-11(10)15/h2-3,6,12-13H,4-5,7,16H2,1H3. The van der Waals surface area contributed by atoms with Crippen LogP contribution >= 0.6 is 23.2 Å². The van der Waals surface area contributed by atoms with Crippen molar-refractivity contribution in [1.29, 1.82) is 0 Å². The van der Waals surface area contributed by atoms with E-state index in [2.05, 4.69) is 0 Å². The highest BCUT2D eigenvalue weighted by Gasteiger charge is 2.33. The third-order valence-corrected chi connectivity index (χ3v) is 3.66. The maximum atomic E-state index is 11.4. The summed E-state index contributed by atoms with van der Waals surface area (Å²) in [6, 6.07) is 5.03. The van der Waals surface area contributed by atoms with Gasteiger partial charge >= 0.3 is 0 Å². The Bertz CT molecular complexity index is 482. The first kappa shape index (κ1) is 14.8. The molecule has 0 saturated carbocycles. The van der Waals surface area contributed by atoms with Crippen molar-refractivity contribution in [3.8, 4) is 0 Å². The highest BCUT2D eigenvalue weighted by molar-refractivity contribution is 6.35. The van der Waals surface area contributed by atoms with Crippen molar-refractivity contribution >= 4 is 29.0 Å². The average molecular weight is 303 g/mol. The molecule has 0 amide bonds. The summed E-state index contributed by atoms with van der Waals surface area (Å²) in [4.78, 5) is 13.3. The molecule has 1 saturated heterocycles. The lowest BCUT2D eigenvalue weighted by Gasteiger charge is -2.39. The predicted molar refractivity (Wildman–Crippen MR) is 75.4 cm³/mol. The van der Waals surface area contributed by atoms with E-state index < -0.39 is 6.23 Å². The number of ether oxygens (including phenoxy) is 1. The Balaban J connectivity index is 2.33. The second-order valence-corrected chi connectivity index (χ2v) is 5.46. The van der Waals surface area contributed by atoms with Crippen LogP contribution in [-0.4, -0.2) is 36.6 Å². The number of morpholine rings is 1. The van der Waals surface area contributed by atoms with Gasteiger partial charge in [-0.25, -0.2) is 0 Å². The lowest BCUT2D eigenvalue weighted by molar-refractivity contribution is -0.123. The lowest BCUT2D eigenvalue weighted by Crippen LogP contribution is -2.50. The van der Waals surface area contributed by atoms with Gasteiger partial charge in [0.1, 0.15) is 12.0 Å². The fraction of sp³-hybridized carbons (Fsp3) is 0.462. The number of ketones is 1. The molecule has 6 heteroatoms. The SMILES string of the molecule is CC(=O)CN1CCOC(N)C1c1ccc(Cl)cc1Cl. The van der Waals surface area contributed by atoms with E-state index in [4.69, 9.17) is 33.7 Å². The molecule has 0 radical (unpaired) electrons. The van der Waals surface area contributed by atoms with Crippen molar-refractivity contribution in [1.82, 2.24) is 4.90 Å². The maximum absolute atomic E-state index is 11.4. The van der Waals surface area contributed by atoms with Crippen molar-refractivity contribution in [2.45, 2.75) is 19.2 Å². The molecule has 19 heavy (non-hydrogen) atoms. The van der Waals surface area contributed by atoms with E-state index in [0.29, 0.717) is 29.7 Å². The van der Waals surface area contributed by atoms with Crippen molar-refractivity contribution < 1.29 is 9.53 Å². The number of nitrogens with two attached hydrogens (primary N) is 1. The third-order valence-electron chi connectivity index (χ3n) is 3.10. The van der Waals surface area contributed by atoms with Gasteiger partial charge in [0, 0.05) is 16.6 Å². The zero-order chi connectivity index (χ0) is 14.0. The molecule has 4 nitrogen and oxygen atoms in total. The first-order valence-electron chi connectivity index (χ1n) is 6.04. The number of hydrogen-bond acceptors (Lipinski definition) is 4. The molecule has 0 aliphatic carbocycles. The van der Waals surface area contributed by atoms with Gasteiger partial charge in [-0.3, -0.25) is 9.69 Å². The fourth-order valence-electron chi connectivity index (χ4n) is 2.32. The quantitative estimate of drug-likeness (QED) is 0.930. The Hall–Kier alpha value is -0.650. The van der Waals surface area contributed by atoms with Gasteiger partial charge in [0.2, 0.25) is 0 Å². The smallest absolute Gasteiger partial charge is 0.143 e. The summed E-state index contributed by atoms with van der Waals surface area (Å²) in [7, 11) is 0. The molecular formula is C13H16Cl2N2O2. The van der Waals surface area contributed by atoms with Crippen LogP contribution in [0.5, 0.6) is 0 Å². The number of Topliss-reactive ketones (excluding diaryl/α,β-unsaturated/α-hetero) is 1. The first-order valence-corrected chi connectivity index (χ1v) is 6.80. The van der Waals surface area contributed by atoms with Gasteiger partial charge in [0.15, 0.2) is 0 Å². The van der Waals surface area contributed by atoms with Crippen LogP contribution in [0.2, 0.25) is 10.0 Å². The molecule has 1 aliphatic rings. The number of benzene rings is 1. The molecule has 1 aliphatic heterocycles. The number of halogens is 2. The molecular weight excluding hydrogens is 287 g/mol. The van der Waals surface area contributed by atoms with Crippen LogP contribution < -0.4 is 5.73 Å². The number of nitrogens with zero attached hydrogens (tertiary/aromatic N) is 1. The van der Waals surface area contributed by atoms with Crippen LogP contribution in [0.1, 0.15) is 18.5 Å². The number of carbonyl (C=O) groups is 1. The molecule has 104 valence electrons. The van der Waals surface area contributed by atoms with Crippen LogP contribution in [-0.2, 0) is 9.53 Å². The Morgan fingerprint density at radius 3 is 2.89 bits per heavy atom. The molecule has 2 atom stereocenters. The van der Waals surface area contributed by atoms with Crippen molar-refractivity contribution in [3.05, 3.63) is 33.8 Å². The Labute approximate surface area is 122 Å². The fourth-order valence-corrected chi connectivity index (χ4v) is 2.84. The van der Waals surface area contributed by atoms with Crippen LogP contribution in [0, 0.1) is 0 Å². The van der Waals surface area contributed by atoms with E-state index in [1.807, 2.05) is 11.0 Å². The number of hydrogen-bond donors (Lipinski definition) is 1. The topological polar surface area (TPSA) is 55.6 Å². The molecule has 1 heterocycles. The summed E-state index contributed by atoms with van der Waals surface area (Å²) in [6.45, 7) is 3.05. The number of carbonyl (C=O) groups excluding carboxylic acids is 1. The molecule has 2 rings (SSSR count). The second-order valence-electron chi connectivity index (χ2n) is 4.62. The summed E-state index contributed by atoms with van der Waals surface area (Å²) in [6.07, 6.45) is -0.508. The third kappa shape index (κ3) is 3.46. The zero-order valence-electron chi connectivity index (χ0n) is 10.6. The molecule has 0 spiro atoms. The van der Waals surface area contributed by atoms with Crippen LogP contribution in [0.3, 0.4) is 0 Å². The Morgan fingerprint density at radius 1 is 1.53 bits per heavy atom. The van der Waals surface area contributed by atoms with E-state index in [0.717, 1.165) is 5.56 Å². The van der Waals surface area contributed by atoms with E-state index >= 15 is 0 Å². The Kier molecular flexibility index (Phi) is 4.81. The maximum Gasteiger partial charge on any atom is 0.143 e. The van der Waals surface area contributed by atoms with Gasteiger partial charge in [0.05, 0.1) is 19.2 Å². The van der Waals surface area contributed by atoms with Crippen molar-refractivity contribution in [2.75, 3.05) is 19.7 Å². The predicted octanol–water partition coefficient (Wildman–Crippen LogP) is 2.24. The summed E-state index contributed by atoms with van der Waals surface area (Å²) in [5.74, 6) is 0.0872. The van der Waals surface area contributed by atoms with Crippen LogP contribution in [0.4, 0.5) is 0 Å². The van der Waals surface area contributed by atoms with Gasteiger partial charge in [-0.1, -0.05) is 29.3 Å². The van der Waals surface area contributed by atoms with E-state index in [-0.39, 0.29) is 11.8 Å². The summed E-state index contributed by atoms with van der Waals surface area (Å²) in [5, 5.41) is 1.10. The summed E-state index contributed by atoms with van der Waals surface area (Å²) >= 11 is 12.1. The van der Waals surface area contributed by atoms with E-state index in [1.54, 1.807) is 19.1 Å². The van der Waals surface area contributed by atoms with E-state index in [1.165, 1.54) is 0 Å². The molecule has 2 unspecified atom stereocenters. The molecule has 0 bridgehead atoms. The molecule has 0 aromatic heterocycles. The minimum absolute atomic E-state index is 0.0872. The van der Waals surface area contributed by atoms with Crippen LogP contribution in [0.15, 0.2) is 18.2 Å². The minimum atomic E-state index is -0.508. The van der Waals surface area contributed by atoms with Gasteiger partial charge in [-0.05, 0) is 24.6 Å². The summed E-state index contributed by atoms with van der Waals surface area (Å²) in [5.41, 5.74) is 6.85. The van der Waals surface area contributed by atoms with Gasteiger partial charge in [-0.2, -0.15) is 0 Å². The second kappa shape index (κ2) is 6.20. The number of rotatable bonds is 3. The van der Waals surface area contributed by atoms with E-state index in [9.17, 15) is 4.79 Å². The first-order chi connectivity index (χ1) is 8.99. The highest BCUT2D eigenvalue weighted by atomic mass is 35.5. The normalized spacial score (nSPS) is 24.4. The van der Waals surface area contributed by atoms with Gasteiger partial charge in [-0.15, -0.1) is 0 Å². The average Bonchev–Trinajstić information content (AvgIpc) is 2.30. The Morgan fingerprint density at radius 2 is 2.26 bits per heavy atom. The van der Waals surface area contributed by atoms with Gasteiger partial charge in [0.25, 0.3) is 0 Å². The molecule has 1 fully saturated rings. The lowest BCUT2D eigenvalue weighted by atomic mass is 10.0. The minimum Gasteiger partial charge on any atom is -0.360 e. The molecule has 1 aromatic rings. The monoisotopic (exact) mass is 302 g/mol. The zero-order valence-corrected chi connectivity index (χ0v) is 12.1. The molecule has 1 aromatic carbocycles. The van der Waals surface area contributed by atoms with Crippen LogP contribution in [0.25, 0.3) is 0 Å². The highest BCUT2D eigenvalue weighted by Crippen LogP contribution is 2.33. The van der Waals surface area contributed by atoms with Gasteiger partial charge < -0.3 is 10.5 Å². The largest absolute Gasteiger partial charge is 0.360 e. The van der Waals surface area contributed by atoms with Crippen molar-refractivity contribution in [2.24, 2.45) is 5.73 Å². The van der Waals surface area contributed by atoms with Crippen molar-refractivity contribution in [3.63, 3.8) is 0 Å². The molecule has 2 N–H and O–H groups in total. The summed E-state index contributed by atoms with van der Waals surface area (Å²) < 4.78 is 5.48.